The van der Waals surface area contributed by atoms with E-state index < -0.39 is 0 Å². The number of hydrogen-bond acceptors (Lipinski definition) is 4. The van der Waals surface area contributed by atoms with Gasteiger partial charge in [-0.05, 0) is 28.1 Å². The molecule has 84 valence electrons. The van der Waals surface area contributed by atoms with Gasteiger partial charge in [-0.25, -0.2) is 4.98 Å². The number of halogens is 1. The van der Waals surface area contributed by atoms with Gasteiger partial charge in [-0.1, -0.05) is 0 Å². The summed E-state index contributed by atoms with van der Waals surface area (Å²) in [6, 6.07) is 3.87. The topological polar surface area (TPSA) is 56.5 Å². The molecule has 1 aromatic carbocycles. The van der Waals surface area contributed by atoms with Crippen molar-refractivity contribution in [1.29, 1.82) is 0 Å². The van der Waals surface area contributed by atoms with Gasteiger partial charge in [0.1, 0.15) is 17.4 Å². The van der Waals surface area contributed by atoms with Crippen molar-refractivity contribution >= 4 is 27.0 Å². The molecule has 0 radical (unpaired) electrons. The molecule has 0 atom stereocenters. The Labute approximate surface area is 106 Å². The second kappa shape index (κ2) is 3.89. The van der Waals surface area contributed by atoms with Crippen molar-refractivity contribution in [2.45, 2.75) is 0 Å². The molecule has 0 aliphatic heterocycles. The summed E-state index contributed by atoms with van der Waals surface area (Å²) in [6.07, 6.45) is 5.00. The number of fused-ring (bicyclic) bond motifs is 1. The van der Waals surface area contributed by atoms with E-state index >= 15 is 0 Å². The monoisotopic (exact) mass is 289 g/mol. The lowest BCUT2D eigenvalue weighted by Crippen LogP contribution is -1.91. The van der Waals surface area contributed by atoms with Crippen LogP contribution in [0.4, 0.5) is 0 Å². The summed E-state index contributed by atoms with van der Waals surface area (Å²) in [5.41, 5.74) is 2.50. The molecule has 0 fully saturated rings. The first kappa shape index (κ1) is 10.3. The summed E-state index contributed by atoms with van der Waals surface area (Å²) in [5, 5.41) is 4.28. The van der Waals surface area contributed by atoms with Crippen LogP contribution in [-0.4, -0.2) is 24.7 Å². The Morgan fingerprint density at radius 3 is 2.53 bits per heavy atom. The minimum atomic E-state index is 0.658. The highest BCUT2D eigenvalue weighted by Gasteiger charge is 2.11. The maximum Gasteiger partial charge on any atom is 0.183 e. The average molecular weight is 290 g/mol. The van der Waals surface area contributed by atoms with Gasteiger partial charge in [0.2, 0.25) is 0 Å². The van der Waals surface area contributed by atoms with Crippen molar-refractivity contribution in [2.24, 2.45) is 7.05 Å². The van der Waals surface area contributed by atoms with Crippen LogP contribution < -0.4 is 0 Å². The van der Waals surface area contributed by atoms with Crippen molar-refractivity contribution in [3.05, 3.63) is 35.3 Å². The first-order valence-corrected chi connectivity index (χ1v) is 5.80. The van der Waals surface area contributed by atoms with Gasteiger partial charge in [-0.3, -0.25) is 14.6 Å². The highest BCUT2D eigenvalue weighted by Crippen LogP contribution is 2.28. The summed E-state index contributed by atoms with van der Waals surface area (Å²) in [6.45, 7) is 0. The highest BCUT2D eigenvalue weighted by atomic mass is 79.9. The fourth-order valence-electron chi connectivity index (χ4n) is 1.67. The van der Waals surface area contributed by atoms with Crippen molar-refractivity contribution in [3.63, 3.8) is 0 Å². The quantitative estimate of drug-likeness (QED) is 0.689. The molecule has 5 nitrogen and oxygen atoms in total. The molecule has 17 heavy (non-hydrogen) atoms. The Kier molecular flexibility index (Phi) is 2.36. The van der Waals surface area contributed by atoms with E-state index in [0.29, 0.717) is 5.82 Å². The van der Waals surface area contributed by atoms with Gasteiger partial charge in [-0.2, -0.15) is 5.10 Å². The van der Waals surface area contributed by atoms with Crippen LogP contribution in [0.5, 0.6) is 0 Å². The van der Waals surface area contributed by atoms with Crippen LogP contribution in [0.2, 0.25) is 0 Å². The zero-order valence-electron chi connectivity index (χ0n) is 9.00. The number of rotatable bonds is 1. The van der Waals surface area contributed by atoms with Crippen LogP contribution in [0.3, 0.4) is 0 Å². The fraction of sp³-hybridized carbons (Fsp3) is 0.0909. The maximum atomic E-state index is 4.35. The van der Waals surface area contributed by atoms with Crippen molar-refractivity contribution in [3.8, 4) is 11.4 Å². The number of nitrogens with zero attached hydrogens (tertiary/aromatic N) is 5. The van der Waals surface area contributed by atoms with E-state index in [1.54, 1.807) is 23.4 Å². The zero-order valence-corrected chi connectivity index (χ0v) is 10.6. The molecule has 2 heterocycles. The molecule has 2 aromatic heterocycles. The lowest BCUT2D eigenvalue weighted by molar-refractivity contribution is 0.768. The Morgan fingerprint density at radius 2 is 1.82 bits per heavy atom. The van der Waals surface area contributed by atoms with Gasteiger partial charge in [-0.15, -0.1) is 0 Å². The second-order valence-electron chi connectivity index (χ2n) is 3.59. The SMILES string of the molecule is Cn1cnc(-c2ccc(Br)c3nccnc23)n1. The van der Waals surface area contributed by atoms with Crippen LogP contribution in [0.15, 0.2) is 35.3 Å². The minimum Gasteiger partial charge on any atom is -0.255 e. The van der Waals surface area contributed by atoms with Crippen LogP contribution in [0.1, 0.15) is 0 Å². The van der Waals surface area contributed by atoms with E-state index in [4.69, 9.17) is 0 Å². The molecule has 6 heteroatoms. The van der Waals surface area contributed by atoms with E-state index in [2.05, 4.69) is 36.0 Å². The van der Waals surface area contributed by atoms with E-state index in [1.165, 1.54) is 0 Å². The first-order chi connectivity index (χ1) is 8.25. The summed E-state index contributed by atoms with van der Waals surface area (Å²) < 4.78 is 2.58. The summed E-state index contributed by atoms with van der Waals surface area (Å²) in [4.78, 5) is 12.9. The van der Waals surface area contributed by atoms with Gasteiger partial charge in [0.25, 0.3) is 0 Å². The molecule has 0 amide bonds. The van der Waals surface area contributed by atoms with Gasteiger partial charge in [0, 0.05) is 29.5 Å². The molecule has 0 unspecified atom stereocenters. The molecule has 3 rings (SSSR count). The molecule has 0 bridgehead atoms. The molecule has 0 N–H and O–H groups in total. The lowest BCUT2D eigenvalue weighted by atomic mass is 10.1. The summed E-state index contributed by atoms with van der Waals surface area (Å²) >= 11 is 3.46. The third kappa shape index (κ3) is 1.70. The van der Waals surface area contributed by atoms with Crippen molar-refractivity contribution < 1.29 is 0 Å². The van der Waals surface area contributed by atoms with Gasteiger partial charge < -0.3 is 0 Å². The highest BCUT2D eigenvalue weighted by molar-refractivity contribution is 9.10. The summed E-state index contributed by atoms with van der Waals surface area (Å²) in [7, 11) is 1.84. The largest absolute Gasteiger partial charge is 0.255 e. The van der Waals surface area contributed by atoms with E-state index in [0.717, 1.165) is 21.1 Å². The normalized spacial score (nSPS) is 10.9. The maximum absolute atomic E-state index is 4.35. The smallest absolute Gasteiger partial charge is 0.183 e. The molecular formula is C11H8BrN5. The predicted molar refractivity (Wildman–Crippen MR) is 67.2 cm³/mol. The predicted octanol–water partition coefficient (Wildman–Crippen LogP) is 2.19. The van der Waals surface area contributed by atoms with E-state index in [-0.39, 0.29) is 0 Å². The number of aryl methyl sites for hydroxylation is 1. The second-order valence-corrected chi connectivity index (χ2v) is 4.44. The molecule has 0 aliphatic carbocycles. The van der Waals surface area contributed by atoms with Crippen LogP contribution in [0, 0.1) is 0 Å². The van der Waals surface area contributed by atoms with E-state index in [1.807, 2.05) is 19.2 Å². The van der Waals surface area contributed by atoms with Crippen LogP contribution in [0.25, 0.3) is 22.4 Å². The molecule has 0 aliphatic rings. The molecule has 3 aromatic rings. The van der Waals surface area contributed by atoms with Crippen LogP contribution >= 0.6 is 15.9 Å². The molecule has 0 saturated carbocycles. The van der Waals surface area contributed by atoms with E-state index in [9.17, 15) is 0 Å². The molecular weight excluding hydrogens is 282 g/mol. The standard InChI is InChI=1S/C11H8BrN5/c1-17-6-15-11(16-17)7-2-3-8(12)10-9(7)13-4-5-14-10/h2-6H,1H3. The third-order valence-electron chi connectivity index (χ3n) is 2.42. The van der Waals surface area contributed by atoms with Gasteiger partial charge >= 0.3 is 0 Å². The fourth-order valence-corrected chi connectivity index (χ4v) is 2.09. The number of hydrogen-bond donors (Lipinski definition) is 0. The third-order valence-corrected chi connectivity index (χ3v) is 3.06. The van der Waals surface area contributed by atoms with Gasteiger partial charge in [0.15, 0.2) is 5.82 Å². The Balaban J connectivity index is 2.34. The summed E-state index contributed by atoms with van der Waals surface area (Å²) in [5.74, 6) is 0.658. The van der Waals surface area contributed by atoms with Crippen LogP contribution in [-0.2, 0) is 7.05 Å². The molecule has 0 saturated heterocycles. The lowest BCUT2D eigenvalue weighted by Gasteiger charge is -2.02. The van der Waals surface area contributed by atoms with Crippen molar-refractivity contribution in [1.82, 2.24) is 24.7 Å². The Bertz CT molecular complexity index is 691. The zero-order chi connectivity index (χ0) is 11.8. The Morgan fingerprint density at radius 1 is 1.06 bits per heavy atom. The average Bonchev–Trinajstić information content (AvgIpc) is 2.77. The molecule has 0 spiro atoms. The van der Waals surface area contributed by atoms with Crippen molar-refractivity contribution in [2.75, 3.05) is 0 Å². The minimum absolute atomic E-state index is 0.658. The van der Waals surface area contributed by atoms with Gasteiger partial charge in [0.05, 0.1) is 0 Å². The Hall–Kier alpha value is -1.82. The first-order valence-electron chi connectivity index (χ1n) is 5.01. The number of aromatic nitrogens is 5. The number of benzene rings is 1.